The van der Waals surface area contributed by atoms with Crippen LogP contribution in [0.2, 0.25) is 5.02 Å². The average Bonchev–Trinajstić information content (AvgIpc) is 3.22. The molecule has 1 aliphatic carbocycles. The van der Waals surface area contributed by atoms with Gasteiger partial charge in [0.2, 0.25) is 0 Å². The molecule has 2 aromatic rings. The van der Waals surface area contributed by atoms with Gasteiger partial charge in [-0.1, -0.05) is 54.1 Å². The number of halogens is 1. The molecule has 0 spiro atoms. The van der Waals surface area contributed by atoms with Crippen LogP contribution in [0.5, 0.6) is 0 Å². The summed E-state index contributed by atoms with van der Waals surface area (Å²) < 4.78 is 1.14. The Morgan fingerprint density at radius 3 is 2.75 bits per heavy atom. The minimum Gasteiger partial charge on any atom is -0.481 e. The van der Waals surface area contributed by atoms with Gasteiger partial charge in [-0.25, -0.2) is 0 Å². The van der Waals surface area contributed by atoms with Gasteiger partial charge < -0.3 is 20.4 Å². The minimum absolute atomic E-state index is 0.124. The normalized spacial score (nSPS) is 24.8. The minimum atomic E-state index is -0.800. The number of aryl methyl sites for hydroxylation is 1. The summed E-state index contributed by atoms with van der Waals surface area (Å²) in [5.74, 6) is -1.15. The number of benzene rings is 1. The van der Waals surface area contributed by atoms with Crippen LogP contribution >= 0.6 is 22.9 Å². The van der Waals surface area contributed by atoms with Crippen molar-refractivity contribution in [2.75, 3.05) is 0 Å². The highest BCUT2D eigenvalue weighted by Crippen LogP contribution is 2.37. The molecule has 0 amide bonds. The number of allylic oxidation sites excluding steroid dienone is 2. The van der Waals surface area contributed by atoms with Crippen LogP contribution in [0.3, 0.4) is 0 Å². The molecule has 0 aliphatic heterocycles. The summed E-state index contributed by atoms with van der Waals surface area (Å²) in [5.41, 5.74) is 0. The zero-order chi connectivity index (χ0) is 23.1. The van der Waals surface area contributed by atoms with Gasteiger partial charge in [0.15, 0.2) is 0 Å². The lowest BCUT2D eigenvalue weighted by atomic mass is 9.89. The first-order chi connectivity index (χ1) is 15.4. The van der Waals surface area contributed by atoms with Crippen molar-refractivity contribution in [3.63, 3.8) is 0 Å². The van der Waals surface area contributed by atoms with Gasteiger partial charge in [-0.3, -0.25) is 4.79 Å². The maximum Gasteiger partial charge on any atom is 0.303 e. The second kappa shape index (κ2) is 12.0. The molecule has 4 N–H and O–H groups in total. The van der Waals surface area contributed by atoms with Crippen molar-refractivity contribution >= 4 is 39.0 Å². The van der Waals surface area contributed by atoms with Gasteiger partial charge in [0, 0.05) is 33.7 Å². The molecule has 32 heavy (non-hydrogen) atoms. The van der Waals surface area contributed by atoms with Crippen molar-refractivity contribution < 1.29 is 25.2 Å². The van der Waals surface area contributed by atoms with Crippen LogP contribution < -0.4 is 0 Å². The predicted molar refractivity (Wildman–Crippen MR) is 129 cm³/mol. The van der Waals surface area contributed by atoms with E-state index in [2.05, 4.69) is 0 Å². The van der Waals surface area contributed by atoms with Gasteiger partial charge in [-0.15, -0.1) is 11.3 Å². The lowest BCUT2D eigenvalue weighted by Gasteiger charge is -2.19. The molecule has 1 heterocycles. The number of carboxylic acids is 1. The fourth-order valence-electron chi connectivity index (χ4n) is 4.31. The molecule has 1 saturated carbocycles. The van der Waals surface area contributed by atoms with Crippen LogP contribution in [0, 0.1) is 11.8 Å². The summed E-state index contributed by atoms with van der Waals surface area (Å²) in [7, 11) is 0. The molecular formula is C25H31ClO5S. The van der Waals surface area contributed by atoms with Crippen LogP contribution in [-0.2, 0) is 11.2 Å². The summed E-state index contributed by atoms with van der Waals surface area (Å²) >= 11 is 8.13. The SMILES string of the molecule is O=C(O)CCCC=CC[C@H]1C(O)CC(O)[C@@H]1C=CC(O)CCc1sc2ccccc2c1Cl. The van der Waals surface area contributed by atoms with Crippen LogP contribution in [-0.4, -0.2) is 44.7 Å². The summed E-state index contributed by atoms with van der Waals surface area (Å²) in [4.78, 5) is 11.6. The van der Waals surface area contributed by atoms with Crippen LogP contribution in [0.15, 0.2) is 48.6 Å². The topological polar surface area (TPSA) is 98.0 Å². The van der Waals surface area contributed by atoms with E-state index >= 15 is 0 Å². The van der Waals surface area contributed by atoms with Gasteiger partial charge in [0.05, 0.1) is 23.3 Å². The number of unbranched alkanes of at least 4 members (excludes halogenated alkanes) is 1. The molecule has 5 atom stereocenters. The first-order valence-electron chi connectivity index (χ1n) is 11.1. The van der Waals surface area contributed by atoms with Crippen LogP contribution in [0.1, 0.15) is 43.4 Å². The van der Waals surface area contributed by atoms with Crippen LogP contribution in [0.4, 0.5) is 0 Å². The van der Waals surface area contributed by atoms with Crippen molar-refractivity contribution in [1.29, 1.82) is 0 Å². The quantitative estimate of drug-likeness (QED) is 0.270. The van der Waals surface area contributed by atoms with E-state index < -0.39 is 24.3 Å². The molecule has 1 aromatic carbocycles. The maximum atomic E-state index is 10.6. The van der Waals surface area contributed by atoms with Gasteiger partial charge >= 0.3 is 5.97 Å². The van der Waals surface area contributed by atoms with E-state index in [0.717, 1.165) is 20.0 Å². The third-order valence-corrected chi connectivity index (χ3v) is 7.85. The van der Waals surface area contributed by atoms with Gasteiger partial charge in [-0.05, 0) is 44.1 Å². The number of aliphatic hydroxyl groups is 3. The number of aliphatic carboxylic acids is 1. The molecule has 1 aliphatic rings. The molecule has 3 rings (SSSR count). The van der Waals surface area contributed by atoms with E-state index in [0.29, 0.717) is 38.5 Å². The maximum absolute atomic E-state index is 10.6. The van der Waals surface area contributed by atoms with E-state index in [1.165, 1.54) is 0 Å². The number of fused-ring (bicyclic) bond motifs is 1. The fourth-order valence-corrected chi connectivity index (χ4v) is 5.85. The highest BCUT2D eigenvalue weighted by Gasteiger charge is 2.39. The molecular weight excluding hydrogens is 448 g/mol. The zero-order valence-electron chi connectivity index (χ0n) is 17.9. The van der Waals surface area contributed by atoms with Gasteiger partial charge in [0.1, 0.15) is 0 Å². The third kappa shape index (κ3) is 6.65. The summed E-state index contributed by atoms with van der Waals surface area (Å²) in [6, 6.07) is 7.99. The second-order valence-corrected chi connectivity index (χ2v) is 9.95. The largest absolute Gasteiger partial charge is 0.481 e. The van der Waals surface area contributed by atoms with Gasteiger partial charge in [0.25, 0.3) is 0 Å². The summed E-state index contributed by atoms with van der Waals surface area (Å²) in [6.07, 6.45) is 9.07. The molecule has 174 valence electrons. The Labute approximate surface area is 197 Å². The molecule has 5 nitrogen and oxygen atoms in total. The average molecular weight is 479 g/mol. The monoisotopic (exact) mass is 478 g/mol. The molecule has 0 bridgehead atoms. The van der Waals surface area contributed by atoms with E-state index in [1.54, 1.807) is 17.4 Å². The van der Waals surface area contributed by atoms with Crippen molar-refractivity contribution in [1.82, 2.24) is 0 Å². The number of aliphatic hydroxyl groups excluding tert-OH is 3. The number of rotatable bonds is 11. The molecule has 0 radical (unpaired) electrons. The first kappa shape index (κ1) is 24.9. The summed E-state index contributed by atoms with van der Waals surface area (Å²) in [5, 5.41) is 41.6. The Morgan fingerprint density at radius 2 is 2.00 bits per heavy atom. The highest BCUT2D eigenvalue weighted by atomic mass is 35.5. The molecule has 0 saturated heterocycles. The van der Waals surface area contributed by atoms with Crippen molar-refractivity contribution in [3.05, 3.63) is 58.5 Å². The zero-order valence-corrected chi connectivity index (χ0v) is 19.5. The van der Waals surface area contributed by atoms with Crippen LogP contribution in [0.25, 0.3) is 10.1 Å². The predicted octanol–water partition coefficient (Wildman–Crippen LogP) is 4.96. The standard InChI is InChI=1S/C25H31ClO5S/c26-25-19-8-5-6-9-22(19)32-23(25)14-12-16(27)11-13-18-17(20(28)15-21(18)29)7-3-1-2-4-10-24(30)31/h1,3,5-6,8-9,11,13,16-18,20-21,27-29H,2,4,7,10,12,14-15H2,(H,30,31)/t16?,17-,18-,20?,21?/m1/s1. The Balaban J connectivity index is 1.52. The van der Waals surface area contributed by atoms with Crippen molar-refractivity contribution in [2.45, 2.75) is 63.3 Å². The Bertz CT molecular complexity index is 953. The Hall–Kier alpha value is -1.70. The number of carbonyl (C=O) groups is 1. The van der Waals surface area contributed by atoms with E-state index in [-0.39, 0.29) is 18.3 Å². The molecule has 7 heteroatoms. The molecule has 3 unspecified atom stereocenters. The number of hydrogen-bond acceptors (Lipinski definition) is 5. The van der Waals surface area contributed by atoms with Crippen molar-refractivity contribution in [2.24, 2.45) is 11.8 Å². The lowest BCUT2D eigenvalue weighted by Crippen LogP contribution is -2.20. The number of carboxylic acid groups (broad SMARTS) is 1. The van der Waals surface area contributed by atoms with Gasteiger partial charge in [-0.2, -0.15) is 0 Å². The lowest BCUT2D eigenvalue weighted by molar-refractivity contribution is -0.137. The molecule has 1 fully saturated rings. The number of thiophene rings is 1. The highest BCUT2D eigenvalue weighted by molar-refractivity contribution is 7.19. The summed E-state index contributed by atoms with van der Waals surface area (Å²) in [6.45, 7) is 0. The molecule has 1 aromatic heterocycles. The smallest absolute Gasteiger partial charge is 0.303 e. The Kier molecular flexibility index (Phi) is 9.32. The number of hydrogen-bond donors (Lipinski definition) is 4. The third-order valence-electron chi connectivity index (χ3n) is 6.08. The van der Waals surface area contributed by atoms with E-state index in [1.807, 2.05) is 42.5 Å². The van der Waals surface area contributed by atoms with Crippen molar-refractivity contribution in [3.8, 4) is 0 Å². The first-order valence-corrected chi connectivity index (χ1v) is 12.3. The van der Waals surface area contributed by atoms with E-state index in [4.69, 9.17) is 16.7 Å². The second-order valence-electron chi connectivity index (χ2n) is 8.43. The Morgan fingerprint density at radius 1 is 1.22 bits per heavy atom. The fraction of sp³-hybridized carbons (Fsp3) is 0.480. The van der Waals surface area contributed by atoms with E-state index in [9.17, 15) is 20.1 Å².